The zero-order chi connectivity index (χ0) is 21.6. The van der Waals surface area contributed by atoms with Crippen molar-refractivity contribution in [2.45, 2.75) is 17.2 Å². The highest BCUT2D eigenvalue weighted by atomic mass is 35.5. The molecule has 3 N–H and O–H groups in total. The Hall–Kier alpha value is -2.10. The number of nitrogens with zero attached hydrogens (tertiary/aromatic N) is 2. The minimum atomic E-state index is -3.60. The van der Waals surface area contributed by atoms with Crippen molar-refractivity contribution < 1.29 is 13.2 Å². The molecule has 0 fully saturated rings. The standard InChI is InChI=1S/C21H25ClN4O3S.ClH/c1-26-15-21(14-24-26)30(27,28)25-8-9-29-20-7-3-5-17(12-20)18(13-23)10-16-4-2-6-19(22)11-16;/h2-7,11-12,14-15,18,25H,8-10,13,23H2,1H3;1H. The third-order valence-corrected chi connectivity index (χ3v) is 6.29. The van der Waals surface area contributed by atoms with Crippen LogP contribution in [0.4, 0.5) is 0 Å². The molecule has 0 aliphatic heterocycles. The van der Waals surface area contributed by atoms with Gasteiger partial charge in [0.15, 0.2) is 0 Å². The van der Waals surface area contributed by atoms with Gasteiger partial charge in [0.1, 0.15) is 17.3 Å². The Morgan fingerprint density at radius 1 is 1.23 bits per heavy atom. The van der Waals surface area contributed by atoms with Crippen LogP contribution < -0.4 is 15.2 Å². The Morgan fingerprint density at radius 2 is 2.00 bits per heavy atom. The number of aromatic nitrogens is 2. The highest BCUT2D eigenvalue weighted by Crippen LogP contribution is 2.25. The van der Waals surface area contributed by atoms with Crippen LogP contribution in [0.5, 0.6) is 5.75 Å². The largest absolute Gasteiger partial charge is 0.492 e. The zero-order valence-corrected chi connectivity index (χ0v) is 19.5. The number of sulfonamides is 1. The fraction of sp³-hybridized carbons (Fsp3) is 0.286. The van der Waals surface area contributed by atoms with E-state index in [0.717, 1.165) is 17.5 Å². The van der Waals surface area contributed by atoms with Crippen molar-refractivity contribution in [2.24, 2.45) is 12.8 Å². The summed E-state index contributed by atoms with van der Waals surface area (Å²) in [4.78, 5) is 0.124. The van der Waals surface area contributed by atoms with Crippen LogP contribution in [0.15, 0.2) is 65.8 Å². The van der Waals surface area contributed by atoms with Crippen molar-refractivity contribution in [2.75, 3.05) is 19.7 Å². The Labute approximate surface area is 194 Å². The Bertz CT molecular complexity index is 1090. The maximum Gasteiger partial charge on any atom is 0.243 e. The van der Waals surface area contributed by atoms with Crippen LogP contribution >= 0.6 is 24.0 Å². The molecule has 0 saturated carbocycles. The molecule has 0 aliphatic carbocycles. The second-order valence-corrected chi connectivity index (χ2v) is 9.14. The Morgan fingerprint density at radius 3 is 2.68 bits per heavy atom. The summed E-state index contributed by atoms with van der Waals surface area (Å²) in [6, 6.07) is 15.5. The molecule has 3 rings (SSSR count). The van der Waals surface area contributed by atoms with Gasteiger partial charge in [-0.3, -0.25) is 4.68 Å². The van der Waals surface area contributed by atoms with Crippen molar-refractivity contribution in [1.82, 2.24) is 14.5 Å². The average Bonchev–Trinajstić information content (AvgIpc) is 3.17. The summed E-state index contributed by atoms with van der Waals surface area (Å²) in [6.45, 7) is 0.829. The molecular formula is C21H26Cl2N4O3S. The molecule has 0 bridgehead atoms. The molecule has 2 aromatic carbocycles. The minimum Gasteiger partial charge on any atom is -0.492 e. The summed E-state index contributed by atoms with van der Waals surface area (Å²) in [5, 5.41) is 4.58. The van der Waals surface area contributed by atoms with Gasteiger partial charge in [-0.15, -0.1) is 12.4 Å². The molecule has 0 saturated heterocycles. The molecule has 31 heavy (non-hydrogen) atoms. The number of aryl methyl sites for hydroxylation is 1. The summed E-state index contributed by atoms with van der Waals surface area (Å²) in [5.74, 6) is 0.786. The van der Waals surface area contributed by atoms with Crippen LogP contribution in [0, 0.1) is 0 Å². The second kappa shape index (κ2) is 11.5. The lowest BCUT2D eigenvalue weighted by atomic mass is 9.92. The summed E-state index contributed by atoms with van der Waals surface area (Å²) in [5.41, 5.74) is 8.19. The van der Waals surface area contributed by atoms with E-state index in [0.29, 0.717) is 17.3 Å². The van der Waals surface area contributed by atoms with Crippen LogP contribution in [-0.2, 0) is 23.5 Å². The molecule has 168 valence electrons. The second-order valence-electron chi connectivity index (χ2n) is 6.94. The van der Waals surface area contributed by atoms with Crippen LogP contribution in [0.1, 0.15) is 17.0 Å². The van der Waals surface area contributed by atoms with E-state index in [9.17, 15) is 8.42 Å². The first kappa shape index (κ1) is 25.2. The van der Waals surface area contributed by atoms with E-state index in [-0.39, 0.29) is 36.4 Å². The fourth-order valence-electron chi connectivity index (χ4n) is 3.11. The minimum absolute atomic E-state index is 0. The van der Waals surface area contributed by atoms with Gasteiger partial charge in [-0.1, -0.05) is 35.9 Å². The van der Waals surface area contributed by atoms with E-state index in [1.165, 1.54) is 17.1 Å². The molecule has 0 spiro atoms. The van der Waals surface area contributed by atoms with Gasteiger partial charge < -0.3 is 10.5 Å². The Kier molecular flexibility index (Phi) is 9.33. The molecule has 0 aliphatic rings. The predicted octanol–water partition coefficient (Wildman–Crippen LogP) is 3.14. The van der Waals surface area contributed by atoms with E-state index in [4.69, 9.17) is 22.1 Å². The maximum absolute atomic E-state index is 12.2. The normalized spacial score (nSPS) is 12.2. The predicted molar refractivity (Wildman–Crippen MR) is 125 cm³/mol. The van der Waals surface area contributed by atoms with Crippen LogP contribution in [0.2, 0.25) is 5.02 Å². The number of rotatable bonds is 10. The number of nitrogens with one attached hydrogen (secondary N) is 1. The van der Waals surface area contributed by atoms with Gasteiger partial charge in [0, 0.05) is 30.7 Å². The fourth-order valence-corrected chi connectivity index (χ4v) is 4.32. The lowest BCUT2D eigenvalue weighted by Crippen LogP contribution is -2.28. The number of nitrogens with two attached hydrogens (primary N) is 1. The molecular weight excluding hydrogens is 459 g/mol. The van der Waals surface area contributed by atoms with E-state index in [1.54, 1.807) is 7.05 Å². The molecule has 1 atom stereocenters. The van der Waals surface area contributed by atoms with Crippen LogP contribution in [-0.4, -0.2) is 37.9 Å². The molecule has 0 amide bonds. The first-order chi connectivity index (χ1) is 14.4. The van der Waals surface area contributed by atoms with Gasteiger partial charge in [0.05, 0.1) is 6.20 Å². The number of benzene rings is 2. The van der Waals surface area contributed by atoms with Gasteiger partial charge in [-0.25, -0.2) is 13.1 Å². The number of hydrogen-bond donors (Lipinski definition) is 2. The van der Waals surface area contributed by atoms with Gasteiger partial charge >= 0.3 is 0 Å². The molecule has 7 nitrogen and oxygen atoms in total. The SMILES string of the molecule is Cl.Cn1cc(S(=O)(=O)NCCOc2cccc(C(CN)Cc3cccc(Cl)c3)c2)cn1. The Balaban J connectivity index is 0.00000341. The number of ether oxygens (including phenoxy) is 1. The van der Waals surface area contributed by atoms with Gasteiger partial charge in [0.25, 0.3) is 0 Å². The van der Waals surface area contributed by atoms with E-state index in [2.05, 4.69) is 9.82 Å². The van der Waals surface area contributed by atoms with Gasteiger partial charge in [-0.05, 0) is 48.4 Å². The van der Waals surface area contributed by atoms with Crippen molar-refractivity contribution in [3.8, 4) is 5.75 Å². The van der Waals surface area contributed by atoms with Crippen LogP contribution in [0.25, 0.3) is 0 Å². The first-order valence-electron chi connectivity index (χ1n) is 9.53. The first-order valence-corrected chi connectivity index (χ1v) is 11.4. The zero-order valence-electron chi connectivity index (χ0n) is 17.1. The summed E-state index contributed by atoms with van der Waals surface area (Å²) >= 11 is 6.08. The smallest absolute Gasteiger partial charge is 0.243 e. The van der Waals surface area contributed by atoms with Crippen molar-refractivity contribution in [3.63, 3.8) is 0 Å². The van der Waals surface area contributed by atoms with E-state index in [1.807, 2.05) is 48.5 Å². The number of hydrogen-bond acceptors (Lipinski definition) is 5. The summed E-state index contributed by atoms with van der Waals surface area (Å²) in [6.07, 6.45) is 3.52. The third-order valence-electron chi connectivity index (χ3n) is 4.64. The average molecular weight is 485 g/mol. The monoisotopic (exact) mass is 484 g/mol. The third kappa shape index (κ3) is 7.22. The van der Waals surface area contributed by atoms with E-state index >= 15 is 0 Å². The molecule has 3 aromatic rings. The molecule has 0 radical (unpaired) electrons. The number of halogens is 2. The topological polar surface area (TPSA) is 99.2 Å². The highest BCUT2D eigenvalue weighted by Gasteiger charge is 2.15. The molecule has 1 unspecified atom stereocenters. The molecule has 1 heterocycles. The van der Waals surface area contributed by atoms with Gasteiger partial charge in [-0.2, -0.15) is 5.10 Å². The van der Waals surface area contributed by atoms with E-state index < -0.39 is 10.0 Å². The van der Waals surface area contributed by atoms with Crippen LogP contribution in [0.3, 0.4) is 0 Å². The molecule has 10 heteroatoms. The lowest BCUT2D eigenvalue weighted by molar-refractivity contribution is 0.322. The van der Waals surface area contributed by atoms with Crippen molar-refractivity contribution >= 4 is 34.0 Å². The lowest BCUT2D eigenvalue weighted by Gasteiger charge is -2.17. The van der Waals surface area contributed by atoms with Crippen molar-refractivity contribution in [1.29, 1.82) is 0 Å². The maximum atomic E-state index is 12.2. The van der Waals surface area contributed by atoms with Gasteiger partial charge in [0.2, 0.25) is 10.0 Å². The molecule has 1 aromatic heterocycles. The summed E-state index contributed by atoms with van der Waals surface area (Å²) < 4.78 is 34.1. The highest BCUT2D eigenvalue weighted by molar-refractivity contribution is 7.89. The quantitative estimate of drug-likeness (QED) is 0.430. The summed E-state index contributed by atoms with van der Waals surface area (Å²) in [7, 11) is -1.94. The van der Waals surface area contributed by atoms with Crippen molar-refractivity contribution in [3.05, 3.63) is 77.1 Å².